The standard InChI is InChI=1S/C12H13NO2S/c1-9(14)10-4-5-13-12(7-10)16-8-11-3-2-6-15-11/h2-7,9,14H,8H2,1H3. The minimum Gasteiger partial charge on any atom is -0.468 e. The molecule has 1 unspecified atom stereocenters. The zero-order valence-electron chi connectivity index (χ0n) is 8.96. The molecule has 2 aromatic heterocycles. The molecule has 3 nitrogen and oxygen atoms in total. The van der Waals surface area contributed by atoms with Crippen molar-refractivity contribution < 1.29 is 9.52 Å². The minimum absolute atomic E-state index is 0.453. The summed E-state index contributed by atoms with van der Waals surface area (Å²) in [4.78, 5) is 4.23. The predicted octanol–water partition coefficient (Wildman–Crippen LogP) is 3.02. The summed E-state index contributed by atoms with van der Waals surface area (Å²) in [5.74, 6) is 1.68. The molecule has 2 aromatic rings. The van der Waals surface area contributed by atoms with Gasteiger partial charge in [-0.3, -0.25) is 0 Å². The Morgan fingerprint density at radius 3 is 3.06 bits per heavy atom. The average Bonchev–Trinajstić information content (AvgIpc) is 2.79. The molecule has 0 aliphatic carbocycles. The van der Waals surface area contributed by atoms with Gasteiger partial charge < -0.3 is 9.52 Å². The predicted molar refractivity (Wildman–Crippen MR) is 63.1 cm³/mol. The highest BCUT2D eigenvalue weighted by Gasteiger charge is 2.04. The van der Waals surface area contributed by atoms with Crippen LogP contribution >= 0.6 is 11.8 Å². The van der Waals surface area contributed by atoms with E-state index in [1.54, 1.807) is 31.1 Å². The summed E-state index contributed by atoms with van der Waals surface area (Å²) in [6, 6.07) is 7.53. The highest BCUT2D eigenvalue weighted by Crippen LogP contribution is 2.23. The number of hydrogen-bond acceptors (Lipinski definition) is 4. The summed E-state index contributed by atoms with van der Waals surface area (Å²) in [5.41, 5.74) is 0.886. The molecule has 1 atom stereocenters. The van der Waals surface area contributed by atoms with Crippen molar-refractivity contribution in [2.75, 3.05) is 0 Å². The first-order valence-corrected chi connectivity index (χ1v) is 6.03. The number of aromatic nitrogens is 1. The molecule has 0 spiro atoms. The Bertz CT molecular complexity index is 440. The van der Waals surface area contributed by atoms with Gasteiger partial charge in [-0.1, -0.05) is 11.8 Å². The summed E-state index contributed by atoms with van der Waals surface area (Å²) in [7, 11) is 0. The van der Waals surface area contributed by atoms with E-state index in [9.17, 15) is 5.11 Å². The van der Waals surface area contributed by atoms with E-state index >= 15 is 0 Å². The van der Waals surface area contributed by atoms with E-state index in [2.05, 4.69) is 4.98 Å². The Kier molecular flexibility index (Phi) is 3.64. The zero-order valence-corrected chi connectivity index (χ0v) is 9.78. The van der Waals surface area contributed by atoms with Crippen molar-refractivity contribution in [1.82, 2.24) is 4.98 Å². The topological polar surface area (TPSA) is 46.3 Å². The first-order chi connectivity index (χ1) is 7.75. The van der Waals surface area contributed by atoms with Gasteiger partial charge in [0.15, 0.2) is 0 Å². The third kappa shape index (κ3) is 2.87. The van der Waals surface area contributed by atoms with E-state index in [-0.39, 0.29) is 0 Å². The van der Waals surface area contributed by atoms with Crippen molar-refractivity contribution in [1.29, 1.82) is 0 Å². The first kappa shape index (κ1) is 11.2. The number of aliphatic hydroxyl groups excluding tert-OH is 1. The Morgan fingerprint density at radius 1 is 1.50 bits per heavy atom. The van der Waals surface area contributed by atoms with Crippen LogP contribution < -0.4 is 0 Å². The molecule has 0 aromatic carbocycles. The van der Waals surface area contributed by atoms with E-state index in [0.717, 1.165) is 22.1 Å². The van der Waals surface area contributed by atoms with Crippen LogP contribution in [-0.4, -0.2) is 10.1 Å². The molecule has 0 radical (unpaired) electrons. The maximum absolute atomic E-state index is 9.44. The fraction of sp³-hybridized carbons (Fsp3) is 0.250. The summed E-state index contributed by atoms with van der Waals surface area (Å²) in [6.07, 6.45) is 2.92. The van der Waals surface area contributed by atoms with E-state index < -0.39 is 6.10 Å². The van der Waals surface area contributed by atoms with Crippen LogP contribution in [0.25, 0.3) is 0 Å². The lowest BCUT2D eigenvalue weighted by Gasteiger charge is -2.05. The number of hydrogen-bond donors (Lipinski definition) is 1. The van der Waals surface area contributed by atoms with Gasteiger partial charge in [-0.25, -0.2) is 4.98 Å². The van der Waals surface area contributed by atoms with Gasteiger partial charge in [0.1, 0.15) is 5.76 Å². The minimum atomic E-state index is -0.453. The number of aliphatic hydroxyl groups is 1. The molecule has 0 amide bonds. The van der Waals surface area contributed by atoms with E-state index in [1.807, 2.05) is 24.3 Å². The second-order valence-electron chi connectivity index (χ2n) is 3.47. The molecular weight excluding hydrogens is 222 g/mol. The van der Waals surface area contributed by atoms with Crippen LogP contribution in [0.3, 0.4) is 0 Å². The van der Waals surface area contributed by atoms with Crippen molar-refractivity contribution in [2.45, 2.75) is 23.8 Å². The molecule has 0 saturated heterocycles. The molecular formula is C12H13NO2S. The Hall–Kier alpha value is -1.26. The van der Waals surface area contributed by atoms with Gasteiger partial charge in [0.25, 0.3) is 0 Å². The average molecular weight is 235 g/mol. The van der Waals surface area contributed by atoms with E-state index in [1.165, 1.54) is 0 Å². The molecule has 4 heteroatoms. The van der Waals surface area contributed by atoms with Gasteiger partial charge in [0.2, 0.25) is 0 Å². The van der Waals surface area contributed by atoms with Crippen molar-refractivity contribution in [2.24, 2.45) is 0 Å². The lowest BCUT2D eigenvalue weighted by Crippen LogP contribution is -1.92. The summed E-state index contributed by atoms with van der Waals surface area (Å²) < 4.78 is 5.23. The maximum atomic E-state index is 9.44. The maximum Gasteiger partial charge on any atom is 0.114 e. The lowest BCUT2D eigenvalue weighted by molar-refractivity contribution is 0.199. The van der Waals surface area contributed by atoms with Crippen molar-refractivity contribution >= 4 is 11.8 Å². The van der Waals surface area contributed by atoms with Crippen LogP contribution in [0, 0.1) is 0 Å². The third-order valence-corrected chi connectivity index (χ3v) is 3.13. The first-order valence-electron chi connectivity index (χ1n) is 5.05. The van der Waals surface area contributed by atoms with Gasteiger partial charge in [0.05, 0.1) is 23.1 Å². The molecule has 0 saturated carbocycles. The normalized spacial score (nSPS) is 12.6. The van der Waals surface area contributed by atoms with Crippen molar-refractivity contribution in [3.05, 3.63) is 48.0 Å². The lowest BCUT2D eigenvalue weighted by atomic mass is 10.2. The second kappa shape index (κ2) is 5.18. The Balaban J connectivity index is 2.01. The van der Waals surface area contributed by atoms with Crippen molar-refractivity contribution in [3.8, 4) is 0 Å². The van der Waals surface area contributed by atoms with Crippen LogP contribution in [-0.2, 0) is 5.75 Å². The molecule has 16 heavy (non-hydrogen) atoms. The quantitative estimate of drug-likeness (QED) is 0.827. The monoisotopic (exact) mass is 235 g/mol. The molecule has 84 valence electrons. The number of nitrogens with zero attached hydrogens (tertiary/aromatic N) is 1. The van der Waals surface area contributed by atoms with E-state index in [0.29, 0.717) is 0 Å². The smallest absolute Gasteiger partial charge is 0.114 e. The van der Waals surface area contributed by atoms with Gasteiger partial charge in [-0.05, 0) is 36.8 Å². The largest absolute Gasteiger partial charge is 0.468 e. The molecule has 0 fully saturated rings. The summed E-state index contributed by atoms with van der Waals surface area (Å²) in [6.45, 7) is 1.75. The third-order valence-electron chi connectivity index (χ3n) is 2.18. The molecule has 2 rings (SSSR count). The van der Waals surface area contributed by atoms with Gasteiger partial charge in [-0.2, -0.15) is 0 Å². The second-order valence-corrected chi connectivity index (χ2v) is 4.47. The molecule has 0 bridgehead atoms. The van der Waals surface area contributed by atoms with Crippen LogP contribution in [0.4, 0.5) is 0 Å². The van der Waals surface area contributed by atoms with E-state index in [4.69, 9.17) is 4.42 Å². The Labute approximate surface area is 98.5 Å². The fourth-order valence-corrected chi connectivity index (χ4v) is 2.11. The zero-order chi connectivity index (χ0) is 11.4. The van der Waals surface area contributed by atoms with Crippen molar-refractivity contribution in [3.63, 3.8) is 0 Å². The van der Waals surface area contributed by atoms with Gasteiger partial charge >= 0.3 is 0 Å². The number of furan rings is 1. The fourth-order valence-electron chi connectivity index (χ4n) is 1.30. The number of rotatable bonds is 4. The molecule has 0 aliphatic heterocycles. The highest BCUT2D eigenvalue weighted by molar-refractivity contribution is 7.98. The van der Waals surface area contributed by atoms with Crippen LogP contribution in [0.5, 0.6) is 0 Å². The Morgan fingerprint density at radius 2 is 2.38 bits per heavy atom. The van der Waals surface area contributed by atoms with Crippen LogP contribution in [0.2, 0.25) is 0 Å². The van der Waals surface area contributed by atoms with Crippen LogP contribution in [0.15, 0.2) is 46.2 Å². The highest BCUT2D eigenvalue weighted by atomic mass is 32.2. The number of thioether (sulfide) groups is 1. The van der Waals surface area contributed by atoms with Crippen LogP contribution in [0.1, 0.15) is 24.4 Å². The SMILES string of the molecule is CC(O)c1ccnc(SCc2ccco2)c1. The molecule has 2 heterocycles. The van der Waals surface area contributed by atoms with Gasteiger partial charge in [0, 0.05) is 6.20 Å². The number of pyridine rings is 1. The summed E-state index contributed by atoms with van der Waals surface area (Å²) >= 11 is 1.59. The molecule has 1 N–H and O–H groups in total. The molecule has 0 aliphatic rings. The summed E-state index contributed by atoms with van der Waals surface area (Å²) in [5, 5.41) is 10.3. The van der Waals surface area contributed by atoms with Gasteiger partial charge in [-0.15, -0.1) is 0 Å².